The van der Waals surface area contributed by atoms with E-state index in [1.807, 2.05) is 0 Å². The Hall–Kier alpha value is -0.770. The maximum absolute atomic E-state index is 10.9. The zero-order chi connectivity index (χ0) is 10.6. The topological polar surface area (TPSA) is 66.4 Å². The van der Waals surface area contributed by atoms with Gasteiger partial charge in [-0.2, -0.15) is 0 Å². The van der Waals surface area contributed by atoms with Crippen LogP contribution >= 0.6 is 11.6 Å². The monoisotopic (exact) mass is 207 g/mol. The number of carbonyl (C=O) groups is 2. The minimum absolute atomic E-state index is 0.222. The molecule has 4 nitrogen and oxygen atoms in total. The quantitative estimate of drug-likeness (QED) is 0.674. The van der Waals surface area contributed by atoms with Crippen molar-refractivity contribution < 1.29 is 14.7 Å². The number of alkyl halides is 1. The second kappa shape index (κ2) is 4.46. The fourth-order valence-electron chi connectivity index (χ4n) is 0.848. The summed E-state index contributed by atoms with van der Waals surface area (Å²) in [5, 5.41) is 11.1. The van der Waals surface area contributed by atoms with E-state index in [1.165, 1.54) is 0 Å². The highest BCUT2D eigenvalue weighted by Gasteiger charge is 2.32. The Kier molecular flexibility index (Phi) is 4.20. The predicted molar refractivity (Wildman–Crippen MR) is 49.7 cm³/mol. The minimum atomic E-state index is -1.05. The van der Waals surface area contributed by atoms with Crippen LogP contribution in [-0.2, 0) is 9.59 Å². The van der Waals surface area contributed by atoms with Gasteiger partial charge in [0.1, 0.15) is 11.9 Å². The van der Waals surface area contributed by atoms with Crippen molar-refractivity contribution in [3.63, 3.8) is 0 Å². The number of hydrogen-bond donors (Lipinski definition) is 2. The van der Waals surface area contributed by atoms with Crippen LogP contribution in [0.5, 0.6) is 0 Å². The summed E-state index contributed by atoms with van der Waals surface area (Å²) in [5.41, 5.74) is -0.520. The Morgan fingerprint density at radius 3 is 2.15 bits per heavy atom. The number of rotatable bonds is 3. The SMILES string of the molecule is CC(C)(C)[C@H](NC(=O)CCl)C(=O)O. The predicted octanol–water partition coefficient (Wildman–Crippen LogP) is 0.841. The number of carboxylic acid groups (broad SMARTS) is 1. The van der Waals surface area contributed by atoms with Crippen molar-refractivity contribution in [1.82, 2.24) is 5.32 Å². The molecule has 0 heterocycles. The van der Waals surface area contributed by atoms with Gasteiger partial charge in [0.15, 0.2) is 0 Å². The van der Waals surface area contributed by atoms with E-state index >= 15 is 0 Å². The molecular weight excluding hydrogens is 194 g/mol. The summed E-state index contributed by atoms with van der Waals surface area (Å²) in [4.78, 5) is 21.6. The lowest BCUT2D eigenvalue weighted by Gasteiger charge is -2.27. The van der Waals surface area contributed by atoms with Gasteiger partial charge in [-0.05, 0) is 5.41 Å². The molecule has 13 heavy (non-hydrogen) atoms. The molecule has 0 saturated carbocycles. The van der Waals surface area contributed by atoms with Crippen molar-refractivity contribution in [2.75, 3.05) is 5.88 Å². The van der Waals surface area contributed by atoms with Gasteiger partial charge < -0.3 is 10.4 Å². The summed E-state index contributed by atoms with van der Waals surface area (Å²) in [5.74, 6) is -1.74. The second-order valence-electron chi connectivity index (χ2n) is 3.84. The van der Waals surface area contributed by atoms with Crippen LogP contribution in [0.4, 0.5) is 0 Å². The van der Waals surface area contributed by atoms with Gasteiger partial charge in [0.2, 0.25) is 5.91 Å². The molecule has 1 atom stereocenters. The third-order valence-corrected chi connectivity index (χ3v) is 1.78. The highest BCUT2D eigenvalue weighted by atomic mass is 35.5. The van der Waals surface area contributed by atoms with Gasteiger partial charge in [0.25, 0.3) is 0 Å². The summed E-state index contributed by atoms with van der Waals surface area (Å²) in [6.45, 7) is 5.21. The van der Waals surface area contributed by atoms with Crippen molar-refractivity contribution in [2.24, 2.45) is 5.41 Å². The first-order chi connectivity index (χ1) is 5.79. The third kappa shape index (κ3) is 4.12. The Labute approximate surface area is 82.3 Å². The molecule has 0 rings (SSSR count). The van der Waals surface area contributed by atoms with E-state index in [0.29, 0.717) is 0 Å². The second-order valence-corrected chi connectivity index (χ2v) is 4.11. The van der Waals surface area contributed by atoms with E-state index < -0.39 is 23.3 Å². The van der Waals surface area contributed by atoms with E-state index in [9.17, 15) is 9.59 Å². The van der Waals surface area contributed by atoms with Crippen LogP contribution < -0.4 is 5.32 Å². The van der Waals surface area contributed by atoms with Crippen molar-refractivity contribution in [3.8, 4) is 0 Å². The smallest absolute Gasteiger partial charge is 0.326 e. The first-order valence-electron chi connectivity index (χ1n) is 3.87. The van der Waals surface area contributed by atoms with Crippen LogP contribution in [0.25, 0.3) is 0 Å². The van der Waals surface area contributed by atoms with Crippen LogP contribution in [0.1, 0.15) is 20.8 Å². The Bertz CT molecular complexity index is 210. The molecule has 0 aliphatic rings. The lowest BCUT2D eigenvalue weighted by Crippen LogP contribution is -2.49. The molecule has 76 valence electrons. The van der Waals surface area contributed by atoms with E-state index in [0.717, 1.165) is 0 Å². The normalized spacial score (nSPS) is 13.5. The van der Waals surface area contributed by atoms with E-state index in [2.05, 4.69) is 5.32 Å². The number of aliphatic carboxylic acids is 1. The van der Waals surface area contributed by atoms with Crippen LogP contribution in [0.2, 0.25) is 0 Å². The van der Waals surface area contributed by atoms with Gasteiger partial charge in [0, 0.05) is 0 Å². The van der Waals surface area contributed by atoms with Crippen LogP contribution in [-0.4, -0.2) is 28.9 Å². The molecule has 0 aliphatic carbocycles. The molecular formula is C8H14ClNO3. The fraction of sp³-hybridized carbons (Fsp3) is 0.750. The standard InChI is InChI=1S/C8H14ClNO3/c1-8(2,3)6(7(12)13)10-5(11)4-9/h6H,4H2,1-3H3,(H,10,11)(H,12,13)/t6-/m1/s1. The number of nitrogens with one attached hydrogen (secondary N) is 1. The highest BCUT2D eigenvalue weighted by Crippen LogP contribution is 2.19. The molecule has 0 aliphatic heterocycles. The zero-order valence-electron chi connectivity index (χ0n) is 7.93. The average molecular weight is 208 g/mol. The maximum Gasteiger partial charge on any atom is 0.326 e. The summed E-state index contributed by atoms with van der Waals surface area (Å²) in [7, 11) is 0. The maximum atomic E-state index is 10.9. The van der Waals surface area contributed by atoms with Crippen LogP contribution in [0.15, 0.2) is 0 Å². The highest BCUT2D eigenvalue weighted by molar-refractivity contribution is 6.27. The molecule has 0 aromatic heterocycles. The summed E-state index contributed by atoms with van der Waals surface area (Å²) in [6.07, 6.45) is 0. The summed E-state index contributed by atoms with van der Waals surface area (Å²) in [6, 6.07) is -0.904. The number of carbonyl (C=O) groups excluding carboxylic acids is 1. The number of hydrogen-bond acceptors (Lipinski definition) is 2. The van der Waals surface area contributed by atoms with Gasteiger partial charge in [-0.25, -0.2) is 4.79 Å². The lowest BCUT2D eigenvalue weighted by molar-refractivity contribution is -0.144. The van der Waals surface area contributed by atoms with Gasteiger partial charge in [-0.3, -0.25) is 4.79 Å². The molecule has 0 bridgehead atoms. The molecule has 0 unspecified atom stereocenters. The molecule has 0 radical (unpaired) electrons. The number of halogens is 1. The Balaban J connectivity index is 4.46. The van der Waals surface area contributed by atoms with Crippen LogP contribution in [0.3, 0.4) is 0 Å². The van der Waals surface area contributed by atoms with Crippen molar-refractivity contribution in [1.29, 1.82) is 0 Å². The van der Waals surface area contributed by atoms with Crippen LogP contribution in [0, 0.1) is 5.41 Å². The van der Waals surface area contributed by atoms with Crippen molar-refractivity contribution in [2.45, 2.75) is 26.8 Å². The fourth-order valence-corrected chi connectivity index (χ4v) is 0.925. The molecule has 5 heteroatoms. The first-order valence-corrected chi connectivity index (χ1v) is 4.40. The molecule has 0 saturated heterocycles. The van der Waals surface area contributed by atoms with Gasteiger partial charge >= 0.3 is 5.97 Å². The Morgan fingerprint density at radius 2 is 1.92 bits per heavy atom. The molecule has 0 fully saturated rings. The lowest BCUT2D eigenvalue weighted by atomic mass is 9.87. The first kappa shape index (κ1) is 12.2. The molecule has 2 N–H and O–H groups in total. The van der Waals surface area contributed by atoms with Gasteiger partial charge in [-0.15, -0.1) is 11.6 Å². The minimum Gasteiger partial charge on any atom is -0.480 e. The molecule has 0 spiro atoms. The van der Waals surface area contributed by atoms with Crippen molar-refractivity contribution >= 4 is 23.5 Å². The molecule has 0 aromatic rings. The van der Waals surface area contributed by atoms with Crippen molar-refractivity contribution in [3.05, 3.63) is 0 Å². The van der Waals surface area contributed by atoms with Gasteiger partial charge in [-0.1, -0.05) is 20.8 Å². The van der Waals surface area contributed by atoms with Gasteiger partial charge in [0.05, 0.1) is 0 Å². The third-order valence-electron chi connectivity index (χ3n) is 1.54. The van der Waals surface area contributed by atoms with E-state index in [-0.39, 0.29) is 5.88 Å². The largest absolute Gasteiger partial charge is 0.480 e. The summed E-state index contributed by atoms with van der Waals surface area (Å²) < 4.78 is 0. The van der Waals surface area contributed by atoms with E-state index in [1.54, 1.807) is 20.8 Å². The number of amides is 1. The molecule has 0 aromatic carbocycles. The number of carboxylic acids is 1. The zero-order valence-corrected chi connectivity index (χ0v) is 8.68. The van der Waals surface area contributed by atoms with E-state index in [4.69, 9.17) is 16.7 Å². The molecule has 1 amide bonds. The average Bonchev–Trinajstić information content (AvgIpc) is 1.96. The summed E-state index contributed by atoms with van der Waals surface area (Å²) >= 11 is 5.25. The Morgan fingerprint density at radius 1 is 1.46 bits per heavy atom.